The summed E-state index contributed by atoms with van der Waals surface area (Å²) in [5, 5.41) is 3.70. The van der Waals surface area contributed by atoms with Crippen LogP contribution in [0.1, 0.15) is 11.1 Å². The van der Waals surface area contributed by atoms with Crippen molar-refractivity contribution in [2.24, 2.45) is 0 Å². The topological polar surface area (TPSA) is 59.3 Å². The molecule has 0 atom stereocenters. The lowest BCUT2D eigenvalue weighted by Gasteiger charge is -2.07. The summed E-state index contributed by atoms with van der Waals surface area (Å²) in [6, 6.07) is 14.8. The van der Waals surface area contributed by atoms with Crippen molar-refractivity contribution in [2.75, 3.05) is 11.1 Å². The molecule has 0 radical (unpaired) electrons. The van der Waals surface area contributed by atoms with E-state index in [-0.39, 0.29) is 5.91 Å². The Morgan fingerprint density at radius 3 is 2.58 bits per heavy atom. The maximum Gasteiger partial charge on any atom is 0.336 e. The predicted octanol–water partition coefficient (Wildman–Crippen LogP) is 4.14. The highest BCUT2D eigenvalue weighted by atomic mass is 32.2. The van der Waals surface area contributed by atoms with Gasteiger partial charge in [0.2, 0.25) is 5.91 Å². The molecule has 122 valence electrons. The molecule has 24 heavy (non-hydrogen) atoms. The number of carbonyl (C=O) groups is 1. The van der Waals surface area contributed by atoms with Crippen molar-refractivity contribution in [3.05, 3.63) is 70.1 Å². The van der Waals surface area contributed by atoms with E-state index in [4.69, 9.17) is 4.42 Å². The zero-order valence-electron chi connectivity index (χ0n) is 13.5. The third kappa shape index (κ3) is 3.86. The van der Waals surface area contributed by atoms with Gasteiger partial charge in [0.05, 0.1) is 5.75 Å². The lowest BCUT2D eigenvalue weighted by molar-refractivity contribution is -0.113. The summed E-state index contributed by atoms with van der Waals surface area (Å²) in [6.07, 6.45) is 0. The van der Waals surface area contributed by atoms with Gasteiger partial charge in [0, 0.05) is 28.1 Å². The van der Waals surface area contributed by atoms with Crippen LogP contribution in [0.25, 0.3) is 11.0 Å². The van der Waals surface area contributed by atoms with Gasteiger partial charge in [-0.2, -0.15) is 0 Å². The Kier molecular flexibility index (Phi) is 4.71. The van der Waals surface area contributed by atoms with E-state index in [1.807, 2.05) is 50.2 Å². The van der Waals surface area contributed by atoms with Crippen LogP contribution in [0.3, 0.4) is 0 Å². The molecule has 4 nitrogen and oxygen atoms in total. The van der Waals surface area contributed by atoms with Crippen LogP contribution < -0.4 is 10.9 Å². The Labute approximate surface area is 143 Å². The Balaban J connectivity index is 1.69. The Hall–Kier alpha value is -2.53. The average molecular weight is 339 g/mol. The van der Waals surface area contributed by atoms with Gasteiger partial charge in [0.1, 0.15) is 5.58 Å². The van der Waals surface area contributed by atoms with Crippen molar-refractivity contribution in [1.29, 1.82) is 0 Å². The zero-order valence-corrected chi connectivity index (χ0v) is 14.3. The van der Waals surface area contributed by atoms with Crippen molar-refractivity contribution in [1.82, 2.24) is 0 Å². The van der Waals surface area contributed by atoms with E-state index in [1.54, 1.807) is 6.07 Å². The van der Waals surface area contributed by atoms with Gasteiger partial charge in [-0.25, -0.2) is 4.79 Å². The number of benzene rings is 2. The van der Waals surface area contributed by atoms with E-state index in [9.17, 15) is 9.59 Å². The molecule has 2 aromatic carbocycles. The lowest BCUT2D eigenvalue weighted by Crippen LogP contribution is -2.14. The maximum atomic E-state index is 12.1. The molecule has 0 aliphatic carbocycles. The molecule has 0 aliphatic rings. The predicted molar refractivity (Wildman–Crippen MR) is 97.8 cm³/mol. The third-order valence-electron chi connectivity index (χ3n) is 3.63. The minimum atomic E-state index is -0.390. The number of rotatable bonds is 4. The molecular formula is C19H17NO3S. The molecule has 0 saturated heterocycles. The standard InChI is InChI=1S/C19H17NO3S/c1-12-3-6-15(7-4-12)24-11-18(21)20-14-5-8-16-13(2)9-19(22)23-17(16)10-14/h3-10H,11H2,1-2H3,(H,20,21). The van der Waals surface area contributed by atoms with Crippen LogP contribution in [-0.4, -0.2) is 11.7 Å². The molecule has 1 aromatic heterocycles. The van der Waals surface area contributed by atoms with Crippen molar-refractivity contribution in [2.45, 2.75) is 18.7 Å². The minimum absolute atomic E-state index is 0.102. The summed E-state index contributed by atoms with van der Waals surface area (Å²) < 4.78 is 5.19. The molecule has 0 unspecified atom stereocenters. The van der Waals surface area contributed by atoms with Crippen molar-refractivity contribution in [3.8, 4) is 0 Å². The number of anilines is 1. The van der Waals surface area contributed by atoms with Crippen molar-refractivity contribution < 1.29 is 9.21 Å². The SMILES string of the molecule is Cc1ccc(SCC(=O)Nc2ccc3c(C)cc(=O)oc3c2)cc1. The number of aryl methyl sites for hydroxylation is 2. The first-order valence-corrected chi connectivity index (χ1v) is 8.54. The second-order valence-corrected chi connectivity index (χ2v) is 6.66. The molecule has 1 heterocycles. The molecule has 3 rings (SSSR count). The van der Waals surface area contributed by atoms with Gasteiger partial charge in [-0.1, -0.05) is 17.7 Å². The Morgan fingerprint density at radius 2 is 1.83 bits per heavy atom. The van der Waals surface area contributed by atoms with Gasteiger partial charge in [-0.15, -0.1) is 11.8 Å². The first kappa shape index (κ1) is 16.3. The minimum Gasteiger partial charge on any atom is -0.423 e. The molecule has 1 amide bonds. The van der Waals surface area contributed by atoms with Gasteiger partial charge in [-0.05, 0) is 43.7 Å². The quantitative estimate of drug-likeness (QED) is 0.573. The molecule has 0 saturated carbocycles. The molecule has 0 bridgehead atoms. The van der Waals surface area contributed by atoms with Gasteiger partial charge in [0.25, 0.3) is 0 Å². The summed E-state index contributed by atoms with van der Waals surface area (Å²) in [4.78, 5) is 24.6. The molecular weight excluding hydrogens is 322 g/mol. The number of fused-ring (bicyclic) bond motifs is 1. The maximum absolute atomic E-state index is 12.1. The number of nitrogens with one attached hydrogen (secondary N) is 1. The second kappa shape index (κ2) is 6.93. The van der Waals surface area contributed by atoms with Gasteiger partial charge >= 0.3 is 5.63 Å². The molecule has 0 fully saturated rings. The van der Waals surface area contributed by atoms with Crippen LogP contribution in [0.5, 0.6) is 0 Å². The van der Waals surface area contributed by atoms with E-state index in [2.05, 4.69) is 5.32 Å². The van der Waals surface area contributed by atoms with Crippen molar-refractivity contribution >= 4 is 34.3 Å². The monoisotopic (exact) mass is 339 g/mol. The summed E-state index contributed by atoms with van der Waals surface area (Å²) in [5.41, 5.74) is 2.75. The summed E-state index contributed by atoms with van der Waals surface area (Å²) in [6.45, 7) is 3.89. The van der Waals surface area contributed by atoms with Crippen LogP contribution in [-0.2, 0) is 4.79 Å². The fourth-order valence-electron chi connectivity index (χ4n) is 2.38. The summed E-state index contributed by atoms with van der Waals surface area (Å²) in [7, 11) is 0. The van der Waals surface area contributed by atoms with Crippen LogP contribution in [0.2, 0.25) is 0 Å². The summed E-state index contributed by atoms with van der Waals surface area (Å²) >= 11 is 1.48. The highest BCUT2D eigenvalue weighted by Gasteiger charge is 2.07. The molecule has 1 N–H and O–H groups in total. The van der Waals surface area contributed by atoms with Crippen LogP contribution in [0.4, 0.5) is 5.69 Å². The first-order chi connectivity index (χ1) is 11.5. The lowest BCUT2D eigenvalue weighted by atomic mass is 10.1. The number of hydrogen-bond acceptors (Lipinski definition) is 4. The van der Waals surface area contributed by atoms with E-state index in [1.165, 1.54) is 23.4 Å². The molecule has 0 aliphatic heterocycles. The Morgan fingerprint density at radius 1 is 1.08 bits per heavy atom. The van der Waals surface area contributed by atoms with Crippen LogP contribution >= 0.6 is 11.8 Å². The normalized spacial score (nSPS) is 10.8. The Bertz CT molecular complexity index is 945. The highest BCUT2D eigenvalue weighted by molar-refractivity contribution is 8.00. The zero-order chi connectivity index (χ0) is 17.1. The molecule has 3 aromatic rings. The number of thioether (sulfide) groups is 1. The number of carbonyl (C=O) groups excluding carboxylic acids is 1. The van der Waals surface area contributed by atoms with Crippen molar-refractivity contribution in [3.63, 3.8) is 0 Å². The fourth-order valence-corrected chi connectivity index (χ4v) is 3.08. The smallest absolute Gasteiger partial charge is 0.336 e. The van der Waals surface area contributed by atoms with E-state index in [0.717, 1.165) is 15.8 Å². The van der Waals surface area contributed by atoms with Gasteiger partial charge in [0.15, 0.2) is 0 Å². The largest absolute Gasteiger partial charge is 0.423 e. The molecule has 5 heteroatoms. The average Bonchev–Trinajstić information content (AvgIpc) is 2.54. The summed E-state index contributed by atoms with van der Waals surface area (Å²) in [5.74, 6) is 0.216. The number of hydrogen-bond donors (Lipinski definition) is 1. The van der Waals surface area contributed by atoms with E-state index in [0.29, 0.717) is 17.0 Å². The van der Waals surface area contributed by atoms with Gasteiger partial charge in [-0.3, -0.25) is 4.79 Å². The van der Waals surface area contributed by atoms with E-state index < -0.39 is 5.63 Å². The second-order valence-electron chi connectivity index (χ2n) is 5.61. The first-order valence-electron chi connectivity index (χ1n) is 7.55. The fraction of sp³-hybridized carbons (Fsp3) is 0.158. The highest BCUT2D eigenvalue weighted by Crippen LogP contribution is 2.22. The van der Waals surface area contributed by atoms with Crippen LogP contribution in [0, 0.1) is 13.8 Å². The molecule has 0 spiro atoms. The number of amides is 1. The third-order valence-corrected chi connectivity index (χ3v) is 4.64. The van der Waals surface area contributed by atoms with Crippen LogP contribution in [0.15, 0.2) is 62.6 Å². The van der Waals surface area contributed by atoms with Gasteiger partial charge < -0.3 is 9.73 Å². The van der Waals surface area contributed by atoms with E-state index >= 15 is 0 Å².